The van der Waals surface area contributed by atoms with Gasteiger partial charge in [-0.25, -0.2) is 0 Å². The van der Waals surface area contributed by atoms with Crippen LogP contribution >= 0.6 is 0 Å². The molecular formula is C15H19N5O. The lowest BCUT2D eigenvalue weighted by Crippen LogP contribution is -2.48. The Morgan fingerprint density at radius 2 is 1.90 bits per heavy atom. The first-order valence-electron chi connectivity index (χ1n) is 7.08. The maximum atomic E-state index is 12.3. The molecule has 110 valence electrons. The van der Waals surface area contributed by atoms with Gasteiger partial charge in [-0.3, -0.25) is 14.8 Å². The molecule has 0 bridgehead atoms. The molecule has 1 aromatic carbocycles. The molecule has 0 spiro atoms. The summed E-state index contributed by atoms with van der Waals surface area (Å²) in [5, 5.41) is 6.40. The van der Waals surface area contributed by atoms with E-state index in [0.717, 1.165) is 32.7 Å². The van der Waals surface area contributed by atoms with Gasteiger partial charge in [0.15, 0.2) is 0 Å². The number of hydrogen-bond acceptors (Lipinski definition) is 4. The molecule has 0 unspecified atom stereocenters. The van der Waals surface area contributed by atoms with E-state index in [9.17, 15) is 4.79 Å². The van der Waals surface area contributed by atoms with Crippen molar-refractivity contribution < 1.29 is 4.79 Å². The quantitative estimate of drug-likeness (QED) is 0.880. The fourth-order valence-corrected chi connectivity index (χ4v) is 2.59. The molecule has 3 N–H and O–H groups in total. The van der Waals surface area contributed by atoms with Crippen molar-refractivity contribution in [3.05, 3.63) is 47.7 Å². The Kier molecular flexibility index (Phi) is 3.87. The number of aromatic amines is 1. The number of nitrogens with two attached hydrogens (primary N) is 1. The summed E-state index contributed by atoms with van der Waals surface area (Å²) in [4.78, 5) is 16.5. The molecule has 0 aliphatic carbocycles. The number of rotatable bonds is 3. The molecule has 1 aromatic heterocycles. The fourth-order valence-electron chi connectivity index (χ4n) is 2.59. The highest BCUT2D eigenvalue weighted by atomic mass is 16.2. The van der Waals surface area contributed by atoms with Gasteiger partial charge in [-0.2, -0.15) is 5.10 Å². The van der Waals surface area contributed by atoms with E-state index in [1.807, 2.05) is 11.0 Å². The summed E-state index contributed by atoms with van der Waals surface area (Å²) in [7, 11) is 0. The Morgan fingerprint density at radius 1 is 1.19 bits per heavy atom. The second-order valence-electron chi connectivity index (χ2n) is 5.25. The van der Waals surface area contributed by atoms with Gasteiger partial charge in [-0.15, -0.1) is 0 Å². The van der Waals surface area contributed by atoms with Gasteiger partial charge in [0, 0.05) is 32.7 Å². The molecule has 21 heavy (non-hydrogen) atoms. The number of aromatic nitrogens is 2. The minimum absolute atomic E-state index is 0.0411. The molecule has 2 heterocycles. The van der Waals surface area contributed by atoms with E-state index >= 15 is 0 Å². The van der Waals surface area contributed by atoms with E-state index in [-0.39, 0.29) is 5.91 Å². The molecule has 2 aromatic rings. The molecule has 6 heteroatoms. The van der Waals surface area contributed by atoms with Crippen molar-refractivity contribution in [1.29, 1.82) is 0 Å². The third-order valence-electron chi connectivity index (χ3n) is 3.81. The van der Waals surface area contributed by atoms with Gasteiger partial charge < -0.3 is 10.6 Å². The highest BCUT2D eigenvalue weighted by molar-refractivity contribution is 5.98. The molecule has 6 nitrogen and oxygen atoms in total. The molecule has 0 radical (unpaired) electrons. The smallest absolute Gasteiger partial charge is 0.259 e. The normalized spacial score (nSPS) is 16.1. The minimum atomic E-state index is -0.0411. The van der Waals surface area contributed by atoms with Crippen molar-refractivity contribution in [2.75, 3.05) is 31.9 Å². The van der Waals surface area contributed by atoms with Crippen molar-refractivity contribution in [3.8, 4) is 0 Å². The van der Waals surface area contributed by atoms with Crippen molar-refractivity contribution in [2.45, 2.75) is 6.54 Å². The van der Waals surface area contributed by atoms with E-state index in [1.54, 1.807) is 0 Å². The van der Waals surface area contributed by atoms with E-state index in [4.69, 9.17) is 5.73 Å². The summed E-state index contributed by atoms with van der Waals surface area (Å²) in [6, 6.07) is 10.4. The molecule has 0 saturated carbocycles. The number of piperazine rings is 1. The number of carbonyl (C=O) groups excluding carboxylic acids is 1. The first-order chi connectivity index (χ1) is 10.2. The van der Waals surface area contributed by atoms with Crippen LogP contribution in [0.1, 0.15) is 15.9 Å². The first-order valence-corrected chi connectivity index (χ1v) is 7.08. The Bertz CT molecular complexity index is 602. The van der Waals surface area contributed by atoms with E-state index in [0.29, 0.717) is 11.4 Å². The standard InChI is InChI=1S/C15H19N5O/c16-14-13(10-17-18-14)15(21)20-8-6-19(7-9-20)11-12-4-2-1-3-5-12/h1-5,10H,6-9,11H2,(H3,16,17,18). The van der Waals surface area contributed by atoms with E-state index < -0.39 is 0 Å². The van der Waals surface area contributed by atoms with Gasteiger partial charge in [0.1, 0.15) is 11.4 Å². The lowest BCUT2D eigenvalue weighted by Gasteiger charge is -2.34. The van der Waals surface area contributed by atoms with Crippen LogP contribution in [-0.4, -0.2) is 52.1 Å². The second-order valence-corrected chi connectivity index (χ2v) is 5.25. The average molecular weight is 285 g/mol. The molecule has 0 atom stereocenters. The Balaban J connectivity index is 1.56. The largest absolute Gasteiger partial charge is 0.383 e. The van der Waals surface area contributed by atoms with Crippen molar-refractivity contribution >= 4 is 11.7 Å². The van der Waals surface area contributed by atoms with Crippen molar-refractivity contribution in [3.63, 3.8) is 0 Å². The molecule has 3 rings (SSSR count). The molecular weight excluding hydrogens is 266 g/mol. The number of nitrogens with one attached hydrogen (secondary N) is 1. The van der Waals surface area contributed by atoms with Crippen LogP contribution in [0.15, 0.2) is 36.5 Å². The zero-order chi connectivity index (χ0) is 14.7. The van der Waals surface area contributed by atoms with Crippen LogP contribution in [0.2, 0.25) is 0 Å². The zero-order valence-corrected chi connectivity index (χ0v) is 11.8. The molecule has 1 aliphatic rings. The van der Waals surface area contributed by atoms with Crippen LogP contribution in [-0.2, 0) is 6.54 Å². The van der Waals surface area contributed by atoms with Gasteiger partial charge >= 0.3 is 0 Å². The predicted molar refractivity (Wildman–Crippen MR) is 80.6 cm³/mol. The van der Waals surface area contributed by atoms with Crippen LogP contribution in [0, 0.1) is 0 Å². The topological polar surface area (TPSA) is 78.2 Å². The maximum absolute atomic E-state index is 12.3. The number of carbonyl (C=O) groups is 1. The van der Waals surface area contributed by atoms with Gasteiger partial charge in [-0.05, 0) is 5.56 Å². The average Bonchev–Trinajstić information content (AvgIpc) is 2.94. The van der Waals surface area contributed by atoms with E-state index in [2.05, 4.69) is 39.4 Å². The number of H-pyrrole nitrogens is 1. The van der Waals surface area contributed by atoms with Gasteiger partial charge in [0.2, 0.25) is 0 Å². The third kappa shape index (κ3) is 3.05. The molecule has 1 fully saturated rings. The number of nitrogen functional groups attached to an aromatic ring is 1. The summed E-state index contributed by atoms with van der Waals surface area (Å²) in [5.74, 6) is 0.298. The van der Waals surface area contributed by atoms with E-state index in [1.165, 1.54) is 11.8 Å². The van der Waals surface area contributed by atoms with Crippen molar-refractivity contribution in [1.82, 2.24) is 20.0 Å². The van der Waals surface area contributed by atoms with Gasteiger partial charge in [-0.1, -0.05) is 30.3 Å². The van der Waals surface area contributed by atoms with Crippen LogP contribution in [0.5, 0.6) is 0 Å². The molecule has 1 saturated heterocycles. The predicted octanol–water partition coefficient (Wildman–Crippen LogP) is 0.950. The van der Waals surface area contributed by atoms with Gasteiger partial charge in [0.25, 0.3) is 5.91 Å². The van der Waals surface area contributed by atoms with Crippen LogP contribution in [0.25, 0.3) is 0 Å². The minimum Gasteiger partial charge on any atom is -0.383 e. The zero-order valence-electron chi connectivity index (χ0n) is 11.8. The molecule has 1 amide bonds. The number of amides is 1. The fraction of sp³-hybridized carbons (Fsp3) is 0.333. The van der Waals surface area contributed by atoms with Crippen LogP contribution in [0.4, 0.5) is 5.82 Å². The Labute approximate surface area is 123 Å². The molecule has 1 aliphatic heterocycles. The van der Waals surface area contributed by atoms with Crippen LogP contribution in [0.3, 0.4) is 0 Å². The maximum Gasteiger partial charge on any atom is 0.259 e. The lowest BCUT2D eigenvalue weighted by atomic mass is 10.2. The summed E-state index contributed by atoms with van der Waals surface area (Å²) >= 11 is 0. The summed E-state index contributed by atoms with van der Waals surface area (Å²) in [6.45, 7) is 4.11. The number of hydrogen-bond donors (Lipinski definition) is 2. The van der Waals surface area contributed by atoms with Crippen LogP contribution < -0.4 is 5.73 Å². The number of nitrogens with zero attached hydrogens (tertiary/aromatic N) is 3. The number of benzene rings is 1. The monoisotopic (exact) mass is 285 g/mol. The Hall–Kier alpha value is -2.34. The second kappa shape index (κ2) is 5.97. The SMILES string of the molecule is Nc1[nH]ncc1C(=O)N1CCN(Cc2ccccc2)CC1. The Morgan fingerprint density at radius 3 is 2.52 bits per heavy atom. The highest BCUT2D eigenvalue weighted by Gasteiger charge is 2.24. The summed E-state index contributed by atoms with van der Waals surface area (Å²) in [6.07, 6.45) is 1.49. The lowest BCUT2D eigenvalue weighted by molar-refractivity contribution is 0.0629. The summed E-state index contributed by atoms with van der Waals surface area (Å²) in [5.41, 5.74) is 7.47. The third-order valence-corrected chi connectivity index (χ3v) is 3.81. The van der Waals surface area contributed by atoms with Gasteiger partial charge in [0.05, 0.1) is 6.20 Å². The first kappa shape index (κ1) is 13.6. The summed E-state index contributed by atoms with van der Waals surface area (Å²) < 4.78 is 0. The highest BCUT2D eigenvalue weighted by Crippen LogP contribution is 2.14. The number of anilines is 1. The van der Waals surface area contributed by atoms with Crippen molar-refractivity contribution in [2.24, 2.45) is 0 Å².